The molecule has 1 fully saturated rings. The van der Waals surface area contributed by atoms with Crippen molar-refractivity contribution in [2.45, 2.75) is 243 Å². The van der Waals surface area contributed by atoms with Gasteiger partial charge in [-0.3, -0.25) is 4.79 Å². The molecule has 1 saturated heterocycles. The Balaban J connectivity index is 2.21. The number of rotatable bonds is 40. The van der Waals surface area contributed by atoms with Crippen LogP contribution < -0.4 is 5.32 Å². The maximum Gasteiger partial charge on any atom is 0.220 e. The second-order valence-corrected chi connectivity index (χ2v) is 16.9. The zero-order chi connectivity index (χ0) is 43.7. The van der Waals surface area contributed by atoms with Crippen molar-refractivity contribution >= 4 is 5.91 Å². The van der Waals surface area contributed by atoms with Gasteiger partial charge < -0.3 is 40.3 Å². The molecule has 60 heavy (non-hydrogen) atoms. The van der Waals surface area contributed by atoms with E-state index in [0.717, 1.165) is 57.8 Å². The summed E-state index contributed by atoms with van der Waals surface area (Å²) in [6.45, 7) is 3.62. The predicted octanol–water partition coefficient (Wildman–Crippen LogP) is 10.8. The summed E-state index contributed by atoms with van der Waals surface area (Å²) in [4.78, 5) is 12.9. The highest BCUT2D eigenvalue weighted by Gasteiger charge is 2.44. The molecule has 9 heteroatoms. The van der Waals surface area contributed by atoms with Gasteiger partial charge in [0.2, 0.25) is 5.91 Å². The molecule has 0 bridgehead atoms. The molecule has 0 saturated carbocycles. The Hall–Kier alpha value is -2.11. The van der Waals surface area contributed by atoms with Crippen LogP contribution in [0.5, 0.6) is 0 Å². The van der Waals surface area contributed by atoms with Gasteiger partial charge in [-0.1, -0.05) is 184 Å². The maximum atomic E-state index is 12.9. The van der Waals surface area contributed by atoms with Crippen LogP contribution >= 0.6 is 0 Å². The van der Waals surface area contributed by atoms with Crippen LogP contribution in [0.4, 0.5) is 0 Å². The minimum Gasteiger partial charge on any atom is -0.394 e. The number of unbranched alkanes of at least 4 members (excludes halogenated alkanes) is 22. The third kappa shape index (κ3) is 30.8. The Bertz CT molecular complexity index is 1120. The van der Waals surface area contributed by atoms with Crippen LogP contribution in [0.25, 0.3) is 0 Å². The van der Waals surface area contributed by atoms with E-state index in [2.05, 4.69) is 67.8 Å². The summed E-state index contributed by atoms with van der Waals surface area (Å²) in [6.07, 6.45) is 47.3. The van der Waals surface area contributed by atoms with Crippen molar-refractivity contribution in [3.8, 4) is 0 Å². The van der Waals surface area contributed by atoms with Gasteiger partial charge in [-0.15, -0.1) is 0 Å². The largest absolute Gasteiger partial charge is 0.394 e. The van der Waals surface area contributed by atoms with Gasteiger partial charge in [0.25, 0.3) is 0 Å². The standard InChI is InChI=1S/C51H91NO8/c1-3-5-7-9-11-13-15-16-17-18-19-20-21-22-23-24-25-26-27-28-29-30-31-33-35-37-39-41-47(55)52-44(43-59-51-50(58)49(57)48(56)46(42-53)60-51)45(54)40-38-36-34-32-14-12-10-8-6-4-2/h6,8,14,19-20,22-23,32,38,40,44-46,48-51,53-54,56-58H,3-5,7,9-13,15-18,21,24-31,33-37,39,41-43H2,1-2H3,(H,52,55)/b8-6+,20-19-,23-22-,32-14+,40-38+. The molecule has 348 valence electrons. The zero-order valence-corrected chi connectivity index (χ0v) is 38.2. The lowest BCUT2D eigenvalue weighted by Crippen LogP contribution is -2.60. The number of hydrogen-bond donors (Lipinski definition) is 6. The van der Waals surface area contributed by atoms with Crippen molar-refractivity contribution in [2.75, 3.05) is 13.2 Å². The molecule has 1 aliphatic heterocycles. The normalized spacial score (nSPS) is 21.1. The number of aliphatic hydroxyl groups excluding tert-OH is 5. The molecule has 0 aromatic rings. The minimum absolute atomic E-state index is 0.197. The van der Waals surface area contributed by atoms with Gasteiger partial charge in [-0.25, -0.2) is 0 Å². The highest BCUT2D eigenvalue weighted by atomic mass is 16.7. The fourth-order valence-electron chi connectivity index (χ4n) is 7.40. The van der Waals surface area contributed by atoms with Gasteiger partial charge in [0, 0.05) is 6.42 Å². The second kappa shape index (κ2) is 40.9. The topological polar surface area (TPSA) is 149 Å². The van der Waals surface area contributed by atoms with Gasteiger partial charge in [0.15, 0.2) is 6.29 Å². The lowest BCUT2D eigenvalue weighted by Gasteiger charge is -2.40. The van der Waals surface area contributed by atoms with Gasteiger partial charge in [0.1, 0.15) is 24.4 Å². The first kappa shape index (κ1) is 55.9. The van der Waals surface area contributed by atoms with E-state index in [1.807, 2.05) is 6.08 Å². The second-order valence-electron chi connectivity index (χ2n) is 16.9. The molecule has 1 aliphatic rings. The van der Waals surface area contributed by atoms with Crippen LogP contribution in [0, 0.1) is 0 Å². The predicted molar refractivity (Wildman–Crippen MR) is 249 cm³/mol. The summed E-state index contributed by atoms with van der Waals surface area (Å²) in [6, 6.07) is -0.829. The summed E-state index contributed by atoms with van der Waals surface area (Å²) in [7, 11) is 0. The number of aliphatic hydroxyl groups is 5. The lowest BCUT2D eigenvalue weighted by atomic mass is 9.99. The molecule has 1 rings (SSSR count). The Labute approximate surface area is 366 Å². The van der Waals surface area contributed by atoms with E-state index in [1.165, 1.54) is 122 Å². The van der Waals surface area contributed by atoms with Gasteiger partial charge in [-0.2, -0.15) is 0 Å². The molecule has 1 amide bonds. The molecule has 6 N–H and O–H groups in total. The van der Waals surface area contributed by atoms with Crippen LogP contribution in [0.2, 0.25) is 0 Å². The molecule has 1 heterocycles. The highest BCUT2D eigenvalue weighted by molar-refractivity contribution is 5.76. The van der Waals surface area contributed by atoms with Crippen molar-refractivity contribution in [3.63, 3.8) is 0 Å². The molecule has 9 nitrogen and oxygen atoms in total. The third-order valence-electron chi connectivity index (χ3n) is 11.3. The van der Waals surface area contributed by atoms with Crippen LogP contribution in [-0.2, 0) is 14.3 Å². The summed E-state index contributed by atoms with van der Waals surface area (Å²) in [5.74, 6) is -0.197. The number of allylic oxidation sites excluding steroid dienone is 9. The first-order valence-electron chi connectivity index (χ1n) is 24.5. The fourth-order valence-corrected chi connectivity index (χ4v) is 7.40. The van der Waals surface area contributed by atoms with E-state index in [9.17, 15) is 30.3 Å². The quantitative estimate of drug-likeness (QED) is 0.0264. The van der Waals surface area contributed by atoms with Crippen LogP contribution in [0.1, 0.15) is 200 Å². The van der Waals surface area contributed by atoms with E-state index in [1.54, 1.807) is 6.08 Å². The lowest BCUT2D eigenvalue weighted by molar-refractivity contribution is -0.302. The number of carbonyl (C=O) groups is 1. The number of ether oxygens (including phenoxy) is 2. The molecule has 0 spiro atoms. The van der Waals surface area contributed by atoms with Crippen LogP contribution in [-0.4, -0.2) is 87.5 Å². The maximum absolute atomic E-state index is 12.9. The monoisotopic (exact) mass is 846 g/mol. The molecular formula is C51H91NO8. The molecule has 7 unspecified atom stereocenters. The number of carbonyl (C=O) groups excluding carboxylic acids is 1. The van der Waals surface area contributed by atoms with Crippen LogP contribution in [0.3, 0.4) is 0 Å². The fraction of sp³-hybridized carbons (Fsp3) is 0.784. The molecule has 0 aromatic carbocycles. The molecule has 7 atom stereocenters. The summed E-state index contributed by atoms with van der Waals surface area (Å²) >= 11 is 0. The average Bonchev–Trinajstić information content (AvgIpc) is 3.25. The molecule has 0 aromatic heterocycles. The number of hydrogen-bond acceptors (Lipinski definition) is 8. The molecular weight excluding hydrogens is 755 g/mol. The van der Waals surface area contributed by atoms with Crippen LogP contribution in [0.15, 0.2) is 60.8 Å². The summed E-state index contributed by atoms with van der Waals surface area (Å²) in [5, 5.41) is 54.0. The SMILES string of the molecule is CC/C=C/CC/C=C/CC/C=C/C(O)C(COC1OC(CO)C(O)C(O)C1O)NC(=O)CCCCCCCCCCCCC/C=C\C/C=C\CCCCCCCCCCC. The smallest absolute Gasteiger partial charge is 0.220 e. The van der Waals surface area contributed by atoms with Crippen molar-refractivity contribution in [1.82, 2.24) is 5.32 Å². The first-order chi connectivity index (χ1) is 29.3. The number of amides is 1. The van der Waals surface area contributed by atoms with Crippen molar-refractivity contribution in [2.24, 2.45) is 0 Å². The highest BCUT2D eigenvalue weighted by Crippen LogP contribution is 2.22. The van der Waals surface area contributed by atoms with E-state index < -0.39 is 49.5 Å². The van der Waals surface area contributed by atoms with E-state index in [0.29, 0.717) is 6.42 Å². The van der Waals surface area contributed by atoms with Crippen molar-refractivity contribution in [1.29, 1.82) is 0 Å². The Morgan fingerprint density at radius 2 is 1.05 bits per heavy atom. The van der Waals surface area contributed by atoms with Gasteiger partial charge in [0.05, 0.1) is 25.4 Å². The van der Waals surface area contributed by atoms with Gasteiger partial charge >= 0.3 is 0 Å². The van der Waals surface area contributed by atoms with Crippen molar-refractivity contribution in [3.05, 3.63) is 60.8 Å². The molecule has 0 aliphatic carbocycles. The Morgan fingerprint density at radius 1 is 0.583 bits per heavy atom. The number of nitrogens with one attached hydrogen (secondary N) is 1. The van der Waals surface area contributed by atoms with E-state index in [-0.39, 0.29) is 12.5 Å². The third-order valence-corrected chi connectivity index (χ3v) is 11.3. The zero-order valence-electron chi connectivity index (χ0n) is 38.2. The average molecular weight is 846 g/mol. The Morgan fingerprint density at radius 3 is 1.57 bits per heavy atom. The Kier molecular flexibility index (Phi) is 38.1. The molecule has 0 radical (unpaired) electrons. The van der Waals surface area contributed by atoms with Gasteiger partial charge in [-0.05, 0) is 70.6 Å². The minimum atomic E-state index is -1.58. The summed E-state index contributed by atoms with van der Waals surface area (Å²) < 4.78 is 11.2. The van der Waals surface area contributed by atoms with Crippen molar-refractivity contribution < 1.29 is 39.8 Å². The van der Waals surface area contributed by atoms with E-state index in [4.69, 9.17) is 9.47 Å². The first-order valence-corrected chi connectivity index (χ1v) is 24.5. The summed E-state index contributed by atoms with van der Waals surface area (Å²) in [5.41, 5.74) is 0. The van der Waals surface area contributed by atoms with E-state index >= 15 is 0 Å².